The van der Waals surface area contributed by atoms with E-state index in [0.29, 0.717) is 33.3 Å². The zero-order valence-corrected chi connectivity index (χ0v) is 12.1. The zero-order valence-electron chi connectivity index (χ0n) is 9.74. The Morgan fingerprint density at radius 2 is 2.16 bits per heavy atom. The number of anilines is 1. The van der Waals surface area contributed by atoms with Gasteiger partial charge in [-0.3, -0.25) is 4.79 Å². The summed E-state index contributed by atoms with van der Waals surface area (Å²) in [5.74, 6) is -0.0862. The third-order valence-corrected chi connectivity index (χ3v) is 4.24. The molecule has 2 aromatic rings. The lowest BCUT2D eigenvalue weighted by Crippen LogP contribution is -2.24. The van der Waals surface area contributed by atoms with Crippen molar-refractivity contribution in [1.82, 2.24) is 14.1 Å². The van der Waals surface area contributed by atoms with Crippen molar-refractivity contribution in [1.29, 1.82) is 0 Å². The molecule has 1 atom stereocenters. The molecule has 8 heteroatoms. The van der Waals surface area contributed by atoms with Crippen LogP contribution in [0.1, 0.15) is 6.42 Å². The number of aromatic nitrogens is 2. The van der Waals surface area contributed by atoms with Crippen molar-refractivity contribution < 1.29 is 4.79 Å². The van der Waals surface area contributed by atoms with Gasteiger partial charge in [-0.1, -0.05) is 23.2 Å². The fourth-order valence-electron chi connectivity index (χ4n) is 2.10. The summed E-state index contributed by atoms with van der Waals surface area (Å²) in [6, 6.07) is 1.58. The number of fused-ring (bicyclic) bond motifs is 1. The van der Waals surface area contributed by atoms with Crippen LogP contribution < -0.4 is 10.6 Å². The van der Waals surface area contributed by atoms with Crippen molar-refractivity contribution in [2.24, 2.45) is 5.92 Å². The second kappa shape index (κ2) is 5.20. The topological polar surface area (TPSA) is 66.9 Å². The Kier molecular flexibility index (Phi) is 3.58. The van der Waals surface area contributed by atoms with Crippen LogP contribution in [0.25, 0.3) is 11.0 Å². The van der Waals surface area contributed by atoms with Gasteiger partial charge in [0.1, 0.15) is 11.0 Å². The highest BCUT2D eigenvalue weighted by molar-refractivity contribution is 7.00. The van der Waals surface area contributed by atoms with Crippen LogP contribution in [0.5, 0.6) is 0 Å². The molecule has 0 radical (unpaired) electrons. The molecule has 2 heterocycles. The molecule has 1 aliphatic heterocycles. The Morgan fingerprint density at radius 3 is 2.89 bits per heavy atom. The van der Waals surface area contributed by atoms with Crippen LogP contribution in [0, 0.1) is 5.92 Å². The normalized spacial score (nSPS) is 18.9. The van der Waals surface area contributed by atoms with E-state index in [0.717, 1.165) is 24.7 Å². The molecule has 1 saturated heterocycles. The smallest absolute Gasteiger partial charge is 0.228 e. The molecule has 2 N–H and O–H groups in total. The highest BCUT2D eigenvalue weighted by atomic mass is 35.5. The second-order valence-corrected chi connectivity index (χ2v) is 5.70. The lowest BCUT2D eigenvalue weighted by Gasteiger charge is -2.11. The van der Waals surface area contributed by atoms with E-state index in [1.54, 1.807) is 6.07 Å². The van der Waals surface area contributed by atoms with Crippen molar-refractivity contribution >= 4 is 57.6 Å². The average molecular weight is 317 g/mol. The first-order valence-corrected chi connectivity index (χ1v) is 7.27. The fourth-order valence-corrected chi connectivity index (χ4v) is 3.26. The van der Waals surface area contributed by atoms with Gasteiger partial charge in [-0.25, -0.2) is 0 Å². The highest BCUT2D eigenvalue weighted by Crippen LogP contribution is 2.35. The molecule has 1 amide bonds. The summed E-state index contributed by atoms with van der Waals surface area (Å²) in [6.45, 7) is 1.55. The Labute approximate surface area is 123 Å². The number of amides is 1. The van der Waals surface area contributed by atoms with Crippen LogP contribution in [0.2, 0.25) is 10.0 Å². The van der Waals surface area contributed by atoms with E-state index in [1.807, 2.05) is 0 Å². The summed E-state index contributed by atoms with van der Waals surface area (Å²) in [6.07, 6.45) is 0.829. The van der Waals surface area contributed by atoms with Gasteiger partial charge in [0.15, 0.2) is 0 Å². The number of nitrogens with zero attached hydrogens (tertiary/aromatic N) is 2. The fraction of sp³-hybridized carbons (Fsp3) is 0.364. The third-order valence-electron chi connectivity index (χ3n) is 3.12. The minimum absolute atomic E-state index is 0.0339. The maximum atomic E-state index is 12.1. The number of rotatable bonds is 2. The van der Waals surface area contributed by atoms with E-state index in [1.165, 1.54) is 0 Å². The van der Waals surface area contributed by atoms with E-state index in [2.05, 4.69) is 19.4 Å². The predicted molar refractivity (Wildman–Crippen MR) is 77.0 cm³/mol. The quantitative estimate of drug-likeness (QED) is 0.893. The largest absolute Gasteiger partial charge is 0.323 e. The average Bonchev–Trinajstić information content (AvgIpc) is 3.04. The zero-order chi connectivity index (χ0) is 13.4. The molecule has 100 valence electrons. The van der Waals surface area contributed by atoms with Gasteiger partial charge in [-0.05, 0) is 19.0 Å². The third kappa shape index (κ3) is 2.41. The molecule has 1 aliphatic rings. The lowest BCUT2D eigenvalue weighted by molar-refractivity contribution is -0.119. The van der Waals surface area contributed by atoms with E-state index in [4.69, 9.17) is 23.2 Å². The van der Waals surface area contributed by atoms with Crippen LogP contribution in [-0.4, -0.2) is 27.7 Å². The number of halogens is 2. The Hall–Kier alpha value is -0.950. The van der Waals surface area contributed by atoms with Crippen LogP contribution in [0.4, 0.5) is 5.69 Å². The SMILES string of the molecule is O=C(Nc1c(Cl)cc(Cl)c2nsnc12)C1CCNC1. The highest BCUT2D eigenvalue weighted by Gasteiger charge is 2.24. The molecular weight excluding hydrogens is 307 g/mol. The standard InChI is InChI=1S/C11H10Cl2N4OS/c12-6-3-7(13)9-10(17-19-16-9)8(6)15-11(18)5-1-2-14-4-5/h3,5,14H,1-2,4H2,(H,15,18). The lowest BCUT2D eigenvalue weighted by atomic mass is 10.1. The van der Waals surface area contributed by atoms with Crippen LogP contribution >= 0.6 is 34.9 Å². The summed E-state index contributed by atoms with van der Waals surface area (Å²) in [5, 5.41) is 6.82. The summed E-state index contributed by atoms with van der Waals surface area (Å²) in [4.78, 5) is 12.1. The van der Waals surface area contributed by atoms with Crippen molar-refractivity contribution in [2.45, 2.75) is 6.42 Å². The Morgan fingerprint density at radius 1 is 1.37 bits per heavy atom. The molecule has 5 nitrogen and oxygen atoms in total. The Bertz CT molecular complexity index is 639. The van der Waals surface area contributed by atoms with E-state index >= 15 is 0 Å². The van der Waals surface area contributed by atoms with Gasteiger partial charge in [0.05, 0.1) is 33.4 Å². The van der Waals surface area contributed by atoms with E-state index in [9.17, 15) is 4.79 Å². The van der Waals surface area contributed by atoms with Crippen molar-refractivity contribution in [3.8, 4) is 0 Å². The molecule has 0 bridgehead atoms. The summed E-state index contributed by atoms with van der Waals surface area (Å²) in [5.41, 5.74) is 1.60. The first-order chi connectivity index (χ1) is 9.16. The maximum Gasteiger partial charge on any atom is 0.228 e. The molecule has 1 fully saturated rings. The van der Waals surface area contributed by atoms with E-state index < -0.39 is 0 Å². The van der Waals surface area contributed by atoms with E-state index in [-0.39, 0.29) is 11.8 Å². The molecule has 0 saturated carbocycles. The van der Waals surface area contributed by atoms with Crippen LogP contribution in [-0.2, 0) is 4.79 Å². The molecule has 1 aromatic carbocycles. The van der Waals surface area contributed by atoms with Gasteiger partial charge in [0.2, 0.25) is 5.91 Å². The first-order valence-electron chi connectivity index (χ1n) is 5.78. The molecule has 1 unspecified atom stereocenters. The first kappa shape index (κ1) is 13.1. The number of carbonyl (C=O) groups is 1. The van der Waals surface area contributed by atoms with Gasteiger partial charge < -0.3 is 10.6 Å². The minimum Gasteiger partial charge on any atom is -0.323 e. The number of hydrogen-bond acceptors (Lipinski definition) is 5. The molecule has 0 spiro atoms. The van der Waals surface area contributed by atoms with Crippen LogP contribution in [0.15, 0.2) is 6.07 Å². The predicted octanol–water partition coefficient (Wildman–Crippen LogP) is 2.55. The molecule has 0 aliphatic carbocycles. The van der Waals surface area contributed by atoms with Crippen molar-refractivity contribution in [3.63, 3.8) is 0 Å². The number of nitrogens with one attached hydrogen (secondary N) is 2. The number of carbonyl (C=O) groups excluding carboxylic acids is 1. The summed E-state index contributed by atoms with van der Waals surface area (Å²) >= 11 is 13.2. The van der Waals surface area contributed by atoms with Gasteiger partial charge in [-0.2, -0.15) is 8.75 Å². The van der Waals surface area contributed by atoms with Gasteiger partial charge >= 0.3 is 0 Å². The molecule has 3 rings (SSSR count). The second-order valence-electron chi connectivity index (χ2n) is 4.36. The molecular formula is C11H10Cl2N4OS. The molecule has 19 heavy (non-hydrogen) atoms. The number of benzene rings is 1. The summed E-state index contributed by atoms with van der Waals surface area (Å²) in [7, 11) is 0. The molecule has 1 aromatic heterocycles. The van der Waals surface area contributed by atoms with Gasteiger partial charge in [0.25, 0.3) is 0 Å². The maximum absolute atomic E-state index is 12.1. The van der Waals surface area contributed by atoms with Crippen molar-refractivity contribution in [2.75, 3.05) is 18.4 Å². The monoisotopic (exact) mass is 316 g/mol. The van der Waals surface area contributed by atoms with Crippen molar-refractivity contribution in [3.05, 3.63) is 16.1 Å². The van der Waals surface area contributed by atoms with Gasteiger partial charge in [0, 0.05) is 6.54 Å². The van der Waals surface area contributed by atoms with Gasteiger partial charge in [-0.15, -0.1) is 0 Å². The summed E-state index contributed by atoms with van der Waals surface area (Å²) < 4.78 is 8.25. The minimum atomic E-state index is -0.0523. The Balaban J connectivity index is 1.96. The number of hydrogen-bond donors (Lipinski definition) is 2. The van der Waals surface area contributed by atoms with Crippen LogP contribution in [0.3, 0.4) is 0 Å².